The van der Waals surface area contributed by atoms with Crippen LogP contribution < -0.4 is 0 Å². The van der Waals surface area contributed by atoms with E-state index in [0.717, 1.165) is 18.7 Å². The molecule has 2 amide bonds. The number of rotatable bonds is 11. The van der Waals surface area contributed by atoms with Gasteiger partial charge in [-0.15, -0.1) is 0 Å². The molecule has 0 bridgehead atoms. The molecule has 158 valence electrons. The van der Waals surface area contributed by atoms with E-state index in [0.29, 0.717) is 19.7 Å². The summed E-state index contributed by atoms with van der Waals surface area (Å²) in [7, 11) is 1.63. The van der Waals surface area contributed by atoms with Crippen LogP contribution in [0.3, 0.4) is 0 Å². The van der Waals surface area contributed by atoms with Gasteiger partial charge in [0.25, 0.3) is 0 Å². The fourth-order valence-electron chi connectivity index (χ4n) is 3.26. The van der Waals surface area contributed by atoms with Gasteiger partial charge in [-0.2, -0.15) is 0 Å². The highest BCUT2D eigenvalue weighted by Gasteiger charge is 2.23. The van der Waals surface area contributed by atoms with Crippen molar-refractivity contribution in [3.05, 3.63) is 59.9 Å². The Kier molecular flexibility index (Phi) is 8.93. The number of benzene rings is 1. The number of aromatic nitrogens is 1. The number of carbonyl (C=O) groups excluding carboxylic acids is 2. The molecular formula is C23H33N3O3. The van der Waals surface area contributed by atoms with Gasteiger partial charge in [0, 0.05) is 45.1 Å². The SMILES string of the molecule is CC[C@@H](C)N(CC(=O)N(CCOC)Cc1cccn1Cc1ccccc1)C(C)=O. The Morgan fingerprint density at radius 1 is 1.14 bits per heavy atom. The molecular weight excluding hydrogens is 366 g/mol. The van der Waals surface area contributed by atoms with Crippen LogP contribution in [0, 0.1) is 0 Å². The van der Waals surface area contributed by atoms with Crippen LogP contribution in [0.2, 0.25) is 0 Å². The lowest BCUT2D eigenvalue weighted by Gasteiger charge is -2.30. The minimum absolute atomic E-state index is 0.0302. The monoisotopic (exact) mass is 399 g/mol. The summed E-state index contributed by atoms with van der Waals surface area (Å²) in [6, 6.07) is 14.3. The lowest BCUT2D eigenvalue weighted by atomic mass is 10.2. The van der Waals surface area contributed by atoms with E-state index in [9.17, 15) is 9.59 Å². The minimum atomic E-state index is -0.0770. The van der Waals surface area contributed by atoms with Crippen molar-refractivity contribution in [3.63, 3.8) is 0 Å². The third-order valence-corrected chi connectivity index (χ3v) is 5.22. The average Bonchev–Trinajstić information content (AvgIpc) is 3.15. The molecule has 6 nitrogen and oxygen atoms in total. The van der Waals surface area contributed by atoms with Crippen LogP contribution in [0.4, 0.5) is 0 Å². The quantitative estimate of drug-likeness (QED) is 0.583. The Morgan fingerprint density at radius 3 is 2.48 bits per heavy atom. The molecule has 29 heavy (non-hydrogen) atoms. The third-order valence-electron chi connectivity index (χ3n) is 5.22. The zero-order chi connectivity index (χ0) is 21.2. The molecule has 0 aliphatic heterocycles. The first-order valence-corrected chi connectivity index (χ1v) is 10.2. The molecule has 6 heteroatoms. The van der Waals surface area contributed by atoms with Gasteiger partial charge in [-0.25, -0.2) is 0 Å². The van der Waals surface area contributed by atoms with Crippen LogP contribution in [0.1, 0.15) is 38.4 Å². The number of amides is 2. The largest absolute Gasteiger partial charge is 0.383 e. The van der Waals surface area contributed by atoms with Gasteiger partial charge in [-0.05, 0) is 31.0 Å². The molecule has 2 rings (SSSR count). The van der Waals surface area contributed by atoms with Crippen LogP contribution in [-0.4, -0.2) is 59.0 Å². The predicted molar refractivity (Wildman–Crippen MR) is 114 cm³/mol. The number of methoxy groups -OCH3 is 1. The fourth-order valence-corrected chi connectivity index (χ4v) is 3.26. The first-order valence-electron chi connectivity index (χ1n) is 10.2. The summed E-state index contributed by atoms with van der Waals surface area (Å²) >= 11 is 0. The van der Waals surface area contributed by atoms with Gasteiger partial charge in [0.1, 0.15) is 0 Å². The second-order valence-electron chi connectivity index (χ2n) is 7.33. The number of hydrogen-bond acceptors (Lipinski definition) is 3. The Balaban J connectivity index is 2.13. The fraction of sp³-hybridized carbons (Fsp3) is 0.478. The first-order chi connectivity index (χ1) is 14.0. The molecule has 0 aliphatic carbocycles. The zero-order valence-electron chi connectivity index (χ0n) is 18.0. The van der Waals surface area contributed by atoms with Gasteiger partial charge >= 0.3 is 0 Å². The Hall–Kier alpha value is -2.60. The van der Waals surface area contributed by atoms with Crippen molar-refractivity contribution >= 4 is 11.8 Å². The highest BCUT2D eigenvalue weighted by atomic mass is 16.5. The van der Waals surface area contributed by atoms with Crippen LogP contribution >= 0.6 is 0 Å². The molecule has 0 aliphatic rings. The second-order valence-corrected chi connectivity index (χ2v) is 7.33. The van der Waals surface area contributed by atoms with Crippen molar-refractivity contribution in [2.75, 3.05) is 26.8 Å². The maximum absolute atomic E-state index is 13.0. The summed E-state index contributed by atoms with van der Waals surface area (Å²) in [5.41, 5.74) is 2.26. The third kappa shape index (κ3) is 6.75. The van der Waals surface area contributed by atoms with Gasteiger partial charge in [-0.1, -0.05) is 37.3 Å². The minimum Gasteiger partial charge on any atom is -0.383 e. The zero-order valence-corrected chi connectivity index (χ0v) is 18.0. The highest BCUT2D eigenvalue weighted by molar-refractivity contribution is 5.84. The van der Waals surface area contributed by atoms with Crippen LogP contribution in [0.5, 0.6) is 0 Å². The van der Waals surface area contributed by atoms with Crippen molar-refractivity contribution in [1.82, 2.24) is 14.4 Å². The van der Waals surface area contributed by atoms with Gasteiger partial charge in [-0.3, -0.25) is 9.59 Å². The van der Waals surface area contributed by atoms with E-state index >= 15 is 0 Å². The smallest absolute Gasteiger partial charge is 0.242 e. The molecule has 1 atom stereocenters. The normalized spacial score (nSPS) is 11.9. The molecule has 1 aromatic carbocycles. The summed E-state index contributed by atoms with van der Waals surface area (Å²) in [5, 5.41) is 0. The van der Waals surface area contributed by atoms with Gasteiger partial charge in [0.05, 0.1) is 19.7 Å². The molecule has 0 radical (unpaired) electrons. The van der Waals surface area contributed by atoms with Crippen molar-refractivity contribution in [2.45, 2.75) is 46.3 Å². The predicted octanol–water partition coefficient (Wildman–Crippen LogP) is 3.16. The maximum Gasteiger partial charge on any atom is 0.242 e. The van der Waals surface area contributed by atoms with E-state index in [4.69, 9.17) is 4.74 Å². The molecule has 1 heterocycles. The van der Waals surface area contributed by atoms with Gasteiger partial charge < -0.3 is 19.1 Å². The summed E-state index contributed by atoms with van der Waals surface area (Å²) in [6.07, 6.45) is 2.84. The summed E-state index contributed by atoms with van der Waals surface area (Å²) in [4.78, 5) is 28.5. The Morgan fingerprint density at radius 2 is 1.86 bits per heavy atom. The molecule has 0 saturated carbocycles. The van der Waals surface area contributed by atoms with Crippen LogP contribution in [-0.2, 0) is 27.4 Å². The number of nitrogens with zero attached hydrogens (tertiary/aromatic N) is 3. The summed E-state index contributed by atoms with van der Waals surface area (Å²) < 4.78 is 7.36. The van der Waals surface area contributed by atoms with Gasteiger partial charge in [0.2, 0.25) is 11.8 Å². The van der Waals surface area contributed by atoms with E-state index in [1.54, 1.807) is 16.9 Å². The molecule has 2 aromatic rings. The molecule has 1 aromatic heterocycles. The lowest BCUT2D eigenvalue weighted by molar-refractivity contribution is -0.141. The molecule has 0 N–H and O–H groups in total. The molecule has 0 fully saturated rings. The van der Waals surface area contributed by atoms with E-state index in [2.05, 4.69) is 16.7 Å². The molecule has 0 unspecified atom stereocenters. The van der Waals surface area contributed by atoms with E-state index in [1.807, 2.05) is 50.4 Å². The van der Waals surface area contributed by atoms with E-state index in [-0.39, 0.29) is 24.4 Å². The average molecular weight is 400 g/mol. The summed E-state index contributed by atoms with van der Waals surface area (Å²) in [6.45, 7) is 7.77. The number of ether oxygens (including phenoxy) is 1. The van der Waals surface area contributed by atoms with Crippen molar-refractivity contribution < 1.29 is 14.3 Å². The number of carbonyl (C=O) groups is 2. The van der Waals surface area contributed by atoms with Crippen molar-refractivity contribution in [1.29, 1.82) is 0 Å². The Bertz CT molecular complexity index is 773. The second kappa shape index (κ2) is 11.4. The maximum atomic E-state index is 13.0. The highest BCUT2D eigenvalue weighted by Crippen LogP contribution is 2.12. The standard InChI is InChI=1S/C23H33N3O3/c1-5-19(2)26(20(3)27)18-23(28)25(14-15-29-4)17-22-12-9-13-24(22)16-21-10-7-6-8-11-21/h6-13,19H,5,14-18H2,1-4H3/t19-/m1/s1. The van der Waals surface area contributed by atoms with Crippen molar-refractivity contribution in [2.24, 2.45) is 0 Å². The van der Waals surface area contributed by atoms with E-state index < -0.39 is 0 Å². The Labute approximate surface area is 174 Å². The van der Waals surface area contributed by atoms with Crippen LogP contribution in [0.15, 0.2) is 48.7 Å². The number of hydrogen-bond donors (Lipinski definition) is 0. The van der Waals surface area contributed by atoms with Crippen LogP contribution in [0.25, 0.3) is 0 Å². The molecule has 0 spiro atoms. The topological polar surface area (TPSA) is 54.8 Å². The lowest BCUT2D eigenvalue weighted by Crippen LogP contribution is -2.46. The van der Waals surface area contributed by atoms with E-state index in [1.165, 1.54) is 12.5 Å². The molecule has 0 saturated heterocycles. The van der Waals surface area contributed by atoms with Crippen molar-refractivity contribution in [3.8, 4) is 0 Å². The summed E-state index contributed by atoms with van der Waals surface area (Å²) in [5.74, 6) is -0.142. The van der Waals surface area contributed by atoms with Gasteiger partial charge in [0.15, 0.2) is 0 Å². The first kappa shape index (κ1) is 22.7.